The number of likely N-dealkylation sites (tertiary alicyclic amines) is 1. The maximum Gasteiger partial charge on any atom is 0.329 e. The van der Waals surface area contributed by atoms with Crippen LogP contribution in [0.2, 0.25) is 0 Å². The number of benzene rings is 2. The highest BCUT2D eigenvalue weighted by Crippen LogP contribution is 2.13. The second-order valence-electron chi connectivity index (χ2n) is 7.31. The number of carbonyl (C=O) groups excluding carboxylic acids is 3. The molecule has 0 aliphatic carbocycles. The van der Waals surface area contributed by atoms with Gasteiger partial charge in [-0.3, -0.25) is 14.4 Å². The van der Waals surface area contributed by atoms with Crippen LogP contribution in [0.25, 0.3) is 0 Å². The van der Waals surface area contributed by atoms with Gasteiger partial charge in [-0.05, 0) is 55.2 Å². The lowest BCUT2D eigenvalue weighted by Crippen LogP contribution is -2.37. The zero-order valence-corrected chi connectivity index (χ0v) is 17.5. The van der Waals surface area contributed by atoms with Gasteiger partial charge in [-0.2, -0.15) is 5.10 Å². The van der Waals surface area contributed by atoms with Crippen LogP contribution in [-0.4, -0.2) is 48.5 Å². The second-order valence-corrected chi connectivity index (χ2v) is 7.31. The molecule has 162 valence electrons. The minimum absolute atomic E-state index is 0.00786. The highest BCUT2D eigenvalue weighted by molar-refractivity contribution is 6.35. The van der Waals surface area contributed by atoms with Gasteiger partial charge in [0.2, 0.25) is 0 Å². The summed E-state index contributed by atoms with van der Waals surface area (Å²) < 4.78 is 5.52. The molecule has 1 heterocycles. The smallest absolute Gasteiger partial charge is 0.329 e. The Morgan fingerprint density at radius 2 is 1.68 bits per heavy atom. The van der Waals surface area contributed by atoms with Gasteiger partial charge in [0.1, 0.15) is 5.75 Å². The van der Waals surface area contributed by atoms with E-state index in [1.807, 2.05) is 31.2 Å². The number of hydrogen-bond acceptors (Lipinski definition) is 5. The van der Waals surface area contributed by atoms with E-state index in [4.69, 9.17) is 4.74 Å². The Hall–Kier alpha value is -3.68. The van der Waals surface area contributed by atoms with Crippen LogP contribution >= 0.6 is 0 Å². The Morgan fingerprint density at radius 1 is 1.00 bits per heavy atom. The predicted molar refractivity (Wildman–Crippen MR) is 117 cm³/mol. The van der Waals surface area contributed by atoms with Crippen molar-refractivity contribution >= 4 is 23.9 Å². The number of amides is 3. The molecule has 3 rings (SSSR count). The topological polar surface area (TPSA) is 100 Å². The molecule has 0 atom stereocenters. The molecule has 1 saturated heterocycles. The lowest BCUT2D eigenvalue weighted by molar-refractivity contribution is -0.139. The third-order valence-electron chi connectivity index (χ3n) is 4.86. The Morgan fingerprint density at radius 3 is 2.35 bits per heavy atom. The monoisotopic (exact) mass is 422 g/mol. The molecule has 2 aromatic rings. The first-order valence-corrected chi connectivity index (χ1v) is 10.2. The summed E-state index contributed by atoms with van der Waals surface area (Å²) in [6.07, 6.45) is 3.51. The Bertz CT molecular complexity index is 933. The number of nitrogens with one attached hydrogen (secondary N) is 2. The molecular weight excluding hydrogens is 396 g/mol. The van der Waals surface area contributed by atoms with Gasteiger partial charge in [0.25, 0.3) is 5.91 Å². The lowest BCUT2D eigenvalue weighted by atomic mass is 10.1. The van der Waals surface area contributed by atoms with Gasteiger partial charge in [0.05, 0.1) is 6.21 Å². The van der Waals surface area contributed by atoms with Gasteiger partial charge >= 0.3 is 11.8 Å². The third kappa shape index (κ3) is 6.95. The van der Waals surface area contributed by atoms with E-state index in [9.17, 15) is 14.4 Å². The summed E-state index contributed by atoms with van der Waals surface area (Å²) in [5.41, 5.74) is 4.93. The fourth-order valence-electron chi connectivity index (χ4n) is 3.04. The van der Waals surface area contributed by atoms with E-state index in [2.05, 4.69) is 15.8 Å². The fourth-order valence-corrected chi connectivity index (χ4v) is 3.04. The standard InChI is InChI=1S/C23H26N4O4/c1-17-4-6-18(7-5-17)14-24-22(29)23(30)26-25-15-19-8-10-20(11-9-19)31-16-21(28)27-12-2-3-13-27/h4-11,15H,2-3,12-14,16H2,1H3,(H,24,29)(H,26,30)/b25-15-. The number of hydrogen-bond donors (Lipinski definition) is 2. The van der Waals surface area contributed by atoms with Crippen LogP contribution in [0.15, 0.2) is 53.6 Å². The SMILES string of the molecule is Cc1ccc(CNC(=O)C(=O)N/N=C\c2ccc(OCC(=O)N3CCCC3)cc2)cc1. The zero-order chi connectivity index (χ0) is 22.1. The van der Waals surface area contributed by atoms with Gasteiger partial charge in [-0.1, -0.05) is 29.8 Å². The molecular formula is C23H26N4O4. The number of nitrogens with zero attached hydrogens (tertiary/aromatic N) is 2. The van der Waals surface area contributed by atoms with E-state index in [1.165, 1.54) is 6.21 Å². The first-order chi connectivity index (χ1) is 15.0. The van der Waals surface area contributed by atoms with Crippen molar-refractivity contribution in [3.8, 4) is 5.75 Å². The third-order valence-corrected chi connectivity index (χ3v) is 4.86. The van der Waals surface area contributed by atoms with Gasteiger partial charge in [0, 0.05) is 19.6 Å². The molecule has 0 unspecified atom stereocenters. The number of aryl methyl sites for hydroxylation is 1. The Labute approximate surface area is 181 Å². The molecule has 31 heavy (non-hydrogen) atoms. The van der Waals surface area contributed by atoms with Gasteiger partial charge in [0.15, 0.2) is 6.61 Å². The molecule has 0 aromatic heterocycles. The van der Waals surface area contributed by atoms with Gasteiger partial charge in [-0.25, -0.2) is 5.43 Å². The van der Waals surface area contributed by atoms with Crippen LogP contribution in [0.3, 0.4) is 0 Å². The molecule has 8 heteroatoms. The number of ether oxygens (including phenoxy) is 1. The molecule has 0 bridgehead atoms. The highest BCUT2D eigenvalue weighted by atomic mass is 16.5. The Kier molecular flexibility index (Phi) is 7.75. The van der Waals surface area contributed by atoms with Crippen molar-refractivity contribution < 1.29 is 19.1 Å². The molecule has 3 amide bonds. The average molecular weight is 422 g/mol. The number of carbonyl (C=O) groups is 3. The molecule has 1 aliphatic rings. The minimum atomic E-state index is -0.844. The van der Waals surface area contributed by atoms with Crippen molar-refractivity contribution in [2.45, 2.75) is 26.3 Å². The number of hydrazone groups is 1. The van der Waals surface area contributed by atoms with E-state index in [0.29, 0.717) is 11.3 Å². The summed E-state index contributed by atoms with van der Waals surface area (Å²) in [4.78, 5) is 37.5. The van der Waals surface area contributed by atoms with Crippen molar-refractivity contribution in [1.29, 1.82) is 0 Å². The van der Waals surface area contributed by atoms with Crippen molar-refractivity contribution in [2.24, 2.45) is 5.10 Å². The van der Waals surface area contributed by atoms with Gasteiger partial charge in [-0.15, -0.1) is 0 Å². The molecule has 2 N–H and O–H groups in total. The van der Waals surface area contributed by atoms with Crippen molar-refractivity contribution in [2.75, 3.05) is 19.7 Å². The summed E-state index contributed by atoms with van der Waals surface area (Å²) in [7, 11) is 0. The first-order valence-electron chi connectivity index (χ1n) is 10.2. The Balaban J connectivity index is 1.39. The maximum absolute atomic E-state index is 12.0. The summed E-state index contributed by atoms with van der Waals surface area (Å²) in [5.74, 6) is -1.04. The minimum Gasteiger partial charge on any atom is -0.484 e. The van der Waals surface area contributed by atoms with Gasteiger partial charge < -0.3 is 15.0 Å². The predicted octanol–water partition coefficient (Wildman–Crippen LogP) is 1.76. The van der Waals surface area contributed by atoms with Crippen LogP contribution in [0.1, 0.15) is 29.5 Å². The summed E-state index contributed by atoms with van der Waals surface area (Å²) in [5, 5.41) is 6.34. The molecule has 2 aromatic carbocycles. The highest BCUT2D eigenvalue weighted by Gasteiger charge is 2.18. The molecule has 1 fully saturated rings. The second kappa shape index (κ2) is 10.9. The van der Waals surface area contributed by atoms with Crippen LogP contribution in [0, 0.1) is 6.92 Å². The maximum atomic E-state index is 12.0. The fraction of sp³-hybridized carbons (Fsp3) is 0.304. The van der Waals surface area contributed by atoms with Crippen molar-refractivity contribution in [1.82, 2.24) is 15.6 Å². The zero-order valence-electron chi connectivity index (χ0n) is 17.5. The van der Waals surface area contributed by atoms with Crippen LogP contribution in [0.4, 0.5) is 0 Å². The quantitative estimate of drug-likeness (QED) is 0.403. The molecule has 0 saturated carbocycles. The van der Waals surface area contributed by atoms with E-state index in [1.54, 1.807) is 29.2 Å². The molecule has 1 aliphatic heterocycles. The molecule has 0 radical (unpaired) electrons. The van der Waals surface area contributed by atoms with E-state index in [-0.39, 0.29) is 19.1 Å². The summed E-state index contributed by atoms with van der Waals surface area (Å²) in [6.45, 7) is 3.85. The first kappa shape index (κ1) is 22.0. The van der Waals surface area contributed by atoms with Crippen LogP contribution < -0.4 is 15.5 Å². The summed E-state index contributed by atoms with van der Waals surface area (Å²) in [6, 6.07) is 14.6. The largest absolute Gasteiger partial charge is 0.484 e. The average Bonchev–Trinajstić information content (AvgIpc) is 3.33. The molecule has 0 spiro atoms. The number of rotatable bonds is 7. The van der Waals surface area contributed by atoms with Crippen LogP contribution in [-0.2, 0) is 20.9 Å². The van der Waals surface area contributed by atoms with E-state index in [0.717, 1.165) is 37.1 Å². The van der Waals surface area contributed by atoms with Crippen molar-refractivity contribution in [3.63, 3.8) is 0 Å². The van der Waals surface area contributed by atoms with E-state index < -0.39 is 11.8 Å². The lowest BCUT2D eigenvalue weighted by Gasteiger charge is -2.15. The molecule has 8 nitrogen and oxygen atoms in total. The summed E-state index contributed by atoms with van der Waals surface area (Å²) >= 11 is 0. The van der Waals surface area contributed by atoms with E-state index >= 15 is 0 Å². The normalized spacial score (nSPS) is 13.3. The van der Waals surface area contributed by atoms with Crippen molar-refractivity contribution in [3.05, 3.63) is 65.2 Å². The van der Waals surface area contributed by atoms with Crippen LogP contribution in [0.5, 0.6) is 5.75 Å².